The van der Waals surface area contributed by atoms with Crippen molar-refractivity contribution in [2.75, 3.05) is 0 Å². The smallest absolute Gasteiger partial charge is 0.339 e. The first kappa shape index (κ1) is 13.8. The summed E-state index contributed by atoms with van der Waals surface area (Å²) in [4.78, 5) is 12.8. The van der Waals surface area contributed by atoms with E-state index < -0.39 is 0 Å². The number of carbonyl (C=O) groups excluding carboxylic acids is 1. The van der Waals surface area contributed by atoms with Gasteiger partial charge in [-0.1, -0.05) is 24.4 Å². The summed E-state index contributed by atoms with van der Waals surface area (Å²) in [5.41, 5.74) is 0.411. The molecule has 4 heteroatoms. The van der Waals surface area contributed by atoms with Crippen LogP contribution in [0.5, 0.6) is 0 Å². The summed E-state index contributed by atoms with van der Waals surface area (Å²) in [7, 11) is 0. The lowest BCUT2D eigenvalue weighted by molar-refractivity contribution is 0.0267. The molecule has 1 aromatic carbocycles. The highest BCUT2D eigenvalue weighted by molar-refractivity contribution is 7.80. The number of esters is 1. The van der Waals surface area contributed by atoms with Crippen LogP contribution in [0.3, 0.4) is 0 Å². The van der Waals surface area contributed by atoms with E-state index in [1.54, 1.807) is 18.2 Å². The normalized spacial score (nSPS) is 17.2. The Hall–Kier alpha value is -0.670. The SMILES string of the molecule is O=C(OC1CCCCCC1)c1cc(S)ccc1Cl. The van der Waals surface area contributed by atoms with Crippen LogP contribution in [0.25, 0.3) is 0 Å². The van der Waals surface area contributed by atoms with E-state index in [-0.39, 0.29) is 12.1 Å². The molecule has 0 N–H and O–H groups in total. The lowest BCUT2D eigenvalue weighted by atomic mass is 10.1. The first-order valence-electron chi connectivity index (χ1n) is 6.36. The van der Waals surface area contributed by atoms with E-state index in [2.05, 4.69) is 12.6 Å². The zero-order valence-electron chi connectivity index (χ0n) is 10.2. The molecule has 1 saturated carbocycles. The minimum Gasteiger partial charge on any atom is -0.459 e. The molecule has 0 saturated heterocycles. The third-order valence-corrected chi connectivity index (χ3v) is 3.85. The molecule has 18 heavy (non-hydrogen) atoms. The van der Waals surface area contributed by atoms with Gasteiger partial charge in [-0.25, -0.2) is 4.79 Å². The lowest BCUT2D eigenvalue weighted by Crippen LogP contribution is -2.17. The summed E-state index contributed by atoms with van der Waals surface area (Å²) < 4.78 is 5.54. The van der Waals surface area contributed by atoms with Crippen LogP contribution in [0.1, 0.15) is 48.9 Å². The number of thiol groups is 1. The molecule has 0 aliphatic heterocycles. The van der Waals surface area contributed by atoms with Gasteiger partial charge in [0, 0.05) is 4.90 Å². The van der Waals surface area contributed by atoms with E-state index >= 15 is 0 Å². The predicted molar refractivity (Wildman–Crippen MR) is 75.6 cm³/mol. The number of halogens is 1. The molecule has 1 aliphatic carbocycles. The Bertz CT molecular complexity index is 426. The van der Waals surface area contributed by atoms with E-state index in [0.29, 0.717) is 15.5 Å². The Balaban J connectivity index is 2.04. The molecule has 0 spiro atoms. The molecule has 0 amide bonds. The quantitative estimate of drug-likeness (QED) is 0.491. The molecule has 1 fully saturated rings. The fourth-order valence-electron chi connectivity index (χ4n) is 2.24. The Morgan fingerprint density at radius 1 is 1.22 bits per heavy atom. The first-order valence-corrected chi connectivity index (χ1v) is 7.19. The van der Waals surface area contributed by atoms with E-state index in [9.17, 15) is 4.79 Å². The van der Waals surface area contributed by atoms with Gasteiger partial charge in [-0.2, -0.15) is 0 Å². The van der Waals surface area contributed by atoms with Gasteiger partial charge in [0.15, 0.2) is 0 Å². The zero-order chi connectivity index (χ0) is 13.0. The Morgan fingerprint density at radius 2 is 1.89 bits per heavy atom. The standard InChI is InChI=1S/C14H17ClO2S/c15-13-8-7-11(18)9-12(13)14(16)17-10-5-3-1-2-4-6-10/h7-10,18H,1-6H2. The summed E-state index contributed by atoms with van der Waals surface area (Å²) in [6.07, 6.45) is 6.71. The van der Waals surface area contributed by atoms with Crippen LogP contribution < -0.4 is 0 Å². The molecular formula is C14H17ClO2S. The van der Waals surface area contributed by atoms with Crippen LogP contribution in [0.4, 0.5) is 0 Å². The second-order valence-corrected chi connectivity index (χ2v) is 5.61. The molecule has 0 aromatic heterocycles. The van der Waals surface area contributed by atoms with Crippen LogP contribution in [0.2, 0.25) is 5.02 Å². The second kappa shape index (κ2) is 6.48. The number of benzene rings is 1. The fourth-order valence-corrected chi connectivity index (χ4v) is 2.64. The van der Waals surface area contributed by atoms with Crippen molar-refractivity contribution in [3.63, 3.8) is 0 Å². The van der Waals surface area contributed by atoms with Gasteiger partial charge in [0.1, 0.15) is 6.10 Å². The monoisotopic (exact) mass is 284 g/mol. The highest BCUT2D eigenvalue weighted by Gasteiger charge is 2.19. The van der Waals surface area contributed by atoms with Crippen molar-refractivity contribution in [1.82, 2.24) is 0 Å². The van der Waals surface area contributed by atoms with Crippen molar-refractivity contribution in [3.8, 4) is 0 Å². The summed E-state index contributed by atoms with van der Waals surface area (Å²) in [5.74, 6) is -0.331. The third-order valence-electron chi connectivity index (χ3n) is 3.25. The molecule has 0 heterocycles. The van der Waals surface area contributed by atoms with Crippen LogP contribution in [-0.2, 0) is 4.74 Å². The van der Waals surface area contributed by atoms with Gasteiger partial charge in [0.05, 0.1) is 10.6 Å². The van der Waals surface area contributed by atoms with Gasteiger partial charge in [-0.3, -0.25) is 0 Å². The number of hydrogen-bond acceptors (Lipinski definition) is 3. The van der Waals surface area contributed by atoms with Gasteiger partial charge in [-0.05, 0) is 43.9 Å². The van der Waals surface area contributed by atoms with Gasteiger partial charge in [0.25, 0.3) is 0 Å². The molecular weight excluding hydrogens is 268 g/mol. The Kier molecular flexibility index (Phi) is 4.95. The minimum absolute atomic E-state index is 0.0413. The molecule has 0 atom stereocenters. The highest BCUT2D eigenvalue weighted by Crippen LogP contribution is 2.24. The van der Waals surface area contributed by atoms with Crippen LogP contribution in [-0.4, -0.2) is 12.1 Å². The Morgan fingerprint density at radius 3 is 2.56 bits per heavy atom. The summed E-state index contributed by atoms with van der Waals surface area (Å²) in [5, 5.41) is 0.423. The Labute approximate surface area is 118 Å². The van der Waals surface area contributed by atoms with E-state index in [0.717, 1.165) is 25.7 Å². The van der Waals surface area contributed by atoms with Crippen LogP contribution in [0, 0.1) is 0 Å². The minimum atomic E-state index is -0.331. The second-order valence-electron chi connectivity index (χ2n) is 4.68. The fraction of sp³-hybridized carbons (Fsp3) is 0.500. The van der Waals surface area contributed by atoms with Crippen molar-refractivity contribution < 1.29 is 9.53 Å². The molecule has 1 aromatic rings. The van der Waals surface area contributed by atoms with E-state index in [4.69, 9.17) is 16.3 Å². The van der Waals surface area contributed by atoms with Crippen LogP contribution >= 0.6 is 24.2 Å². The maximum absolute atomic E-state index is 12.1. The van der Waals surface area contributed by atoms with Gasteiger partial charge in [-0.15, -0.1) is 12.6 Å². The van der Waals surface area contributed by atoms with Crippen LogP contribution in [0.15, 0.2) is 23.1 Å². The summed E-state index contributed by atoms with van der Waals surface area (Å²) >= 11 is 10.2. The van der Waals surface area contributed by atoms with Crippen molar-refractivity contribution in [1.29, 1.82) is 0 Å². The number of ether oxygens (including phenoxy) is 1. The van der Waals surface area contributed by atoms with Gasteiger partial charge in [0.2, 0.25) is 0 Å². The molecule has 0 unspecified atom stereocenters. The molecule has 1 aliphatic rings. The van der Waals surface area contributed by atoms with Crippen molar-refractivity contribution in [3.05, 3.63) is 28.8 Å². The number of hydrogen-bond donors (Lipinski definition) is 1. The average molecular weight is 285 g/mol. The maximum Gasteiger partial charge on any atom is 0.339 e. The molecule has 2 rings (SSSR count). The molecule has 0 radical (unpaired) electrons. The summed E-state index contributed by atoms with van der Waals surface area (Å²) in [6.45, 7) is 0. The number of rotatable bonds is 2. The molecule has 2 nitrogen and oxygen atoms in total. The van der Waals surface area contributed by atoms with Crippen molar-refractivity contribution in [2.45, 2.75) is 49.5 Å². The molecule has 98 valence electrons. The average Bonchev–Trinajstić information content (AvgIpc) is 2.61. The highest BCUT2D eigenvalue weighted by atomic mass is 35.5. The number of carbonyl (C=O) groups is 1. The lowest BCUT2D eigenvalue weighted by Gasteiger charge is -2.16. The largest absolute Gasteiger partial charge is 0.459 e. The van der Waals surface area contributed by atoms with E-state index in [1.807, 2.05) is 0 Å². The maximum atomic E-state index is 12.1. The van der Waals surface area contributed by atoms with Crippen molar-refractivity contribution >= 4 is 30.2 Å². The molecule has 0 bridgehead atoms. The third kappa shape index (κ3) is 3.66. The predicted octanol–water partition coefficient (Wildman–Crippen LogP) is 4.51. The van der Waals surface area contributed by atoms with E-state index in [1.165, 1.54) is 12.8 Å². The topological polar surface area (TPSA) is 26.3 Å². The van der Waals surface area contributed by atoms with Gasteiger partial charge < -0.3 is 4.74 Å². The first-order chi connectivity index (χ1) is 8.66. The van der Waals surface area contributed by atoms with Gasteiger partial charge >= 0.3 is 5.97 Å². The zero-order valence-corrected chi connectivity index (χ0v) is 11.8. The van der Waals surface area contributed by atoms with Crippen molar-refractivity contribution in [2.24, 2.45) is 0 Å². The summed E-state index contributed by atoms with van der Waals surface area (Å²) in [6, 6.07) is 5.09.